The Morgan fingerprint density at radius 3 is 2.89 bits per heavy atom. The molecule has 2 unspecified atom stereocenters. The summed E-state index contributed by atoms with van der Waals surface area (Å²) in [5, 5.41) is 12.4. The number of hydrogen-bond donors (Lipinski definition) is 1. The summed E-state index contributed by atoms with van der Waals surface area (Å²) in [6, 6.07) is 5.37. The Morgan fingerprint density at radius 2 is 2.11 bits per heavy atom. The van der Waals surface area contributed by atoms with E-state index in [-0.39, 0.29) is 11.5 Å². The SMILES string of the molecule is OC(c1ccc(F)cc1F)C1CCCc2sccc21. The normalized spacial score (nSPS) is 20.1. The summed E-state index contributed by atoms with van der Waals surface area (Å²) in [4.78, 5) is 1.28. The molecule has 0 spiro atoms. The van der Waals surface area contributed by atoms with Crippen molar-refractivity contribution in [2.75, 3.05) is 0 Å². The van der Waals surface area contributed by atoms with Crippen LogP contribution in [0.4, 0.5) is 8.78 Å². The van der Waals surface area contributed by atoms with Crippen molar-refractivity contribution in [1.82, 2.24) is 0 Å². The first-order chi connectivity index (χ1) is 9.16. The Kier molecular flexibility index (Phi) is 3.37. The fourth-order valence-corrected chi connectivity index (χ4v) is 3.80. The van der Waals surface area contributed by atoms with E-state index < -0.39 is 17.7 Å². The number of halogens is 2. The zero-order valence-electron chi connectivity index (χ0n) is 10.3. The van der Waals surface area contributed by atoms with Gasteiger partial charge in [-0.15, -0.1) is 11.3 Å². The van der Waals surface area contributed by atoms with E-state index in [0.717, 1.165) is 30.9 Å². The zero-order valence-corrected chi connectivity index (χ0v) is 11.1. The first-order valence-electron chi connectivity index (χ1n) is 6.36. The van der Waals surface area contributed by atoms with Crippen LogP contribution in [0.5, 0.6) is 0 Å². The lowest BCUT2D eigenvalue weighted by molar-refractivity contribution is 0.132. The standard InChI is InChI=1S/C15H14F2OS/c16-9-4-5-12(13(17)8-9)15(18)11-2-1-3-14-10(11)6-7-19-14/h4-8,11,15,18H,1-3H2. The number of rotatable bonds is 2. The molecule has 1 nitrogen and oxygen atoms in total. The van der Waals surface area contributed by atoms with E-state index in [4.69, 9.17) is 0 Å². The van der Waals surface area contributed by atoms with Crippen molar-refractivity contribution < 1.29 is 13.9 Å². The van der Waals surface area contributed by atoms with Crippen molar-refractivity contribution >= 4 is 11.3 Å². The van der Waals surface area contributed by atoms with Crippen LogP contribution in [-0.4, -0.2) is 5.11 Å². The van der Waals surface area contributed by atoms with Gasteiger partial charge in [0.25, 0.3) is 0 Å². The van der Waals surface area contributed by atoms with Crippen molar-refractivity contribution in [3.63, 3.8) is 0 Å². The van der Waals surface area contributed by atoms with Crippen LogP contribution in [0.1, 0.15) is 40.9 Å². The number of thiophene rings is 1. The molecular weight excluding hydrogens is 266 g/mol. The van der Waals surface area contributed by atoms with E-state index in [1.54, 1.807) is 11.3 Å². The highest BCUT2D eigenvalue weighted by Crippen LogP contribution is 2.42. The molecule has 0 aliphatic heterocycles. The predicted molar refractivity (Wildman–Crippen MR) is 71.3 cm³/mol. The van der Waals surface area contributed by atoms with Gasteiger partial charge >= 0.3 is 0 Å². The van der Waals surface area contributed by atoms with Crippen LogP contribution in [0.15, 0.2) is 29.6 Å². The van der Waals surface area contributed by atoms with Crippen LogP contribution >= 0.6 is 11.3 Å². The topological polar surface area (TPSA) is 20.2 Å². The molecule has 1 N–H and O–H groups in total. The maximum absolute atomic E-state index is 13.8. The number of hydrogen-bond acceptors (Lipinski definition) is 2. The van der Waals surface area contributed by atoms with Gasteiger partial charge in [-0.2, -0.15) is 0 Å². The number of aliphatic hydroxyl groups is 1. The van der Waals surface area contributed by atoms with E-state index in [1.807, 2.05) is 11.4 Å². The van der Waals surface area contributed by atoms with Crippen LogP contribution in [-0.2, 0) is 6.42 Å². The van der Waals surface area contributed by atoms with Crippen molar-refractivity contribution in [3.8, 4) is 0 Å². The molecule has 0 radical (unpaired) electrons. The lowest BCUT2D eigenvalue weighted by Gasteiger charge is -2.27. The second-order valence-corrected chi connectivity index (χ2v) is 5.91. The number of aryl methyl sites for hydroxylation is 1. The second-order valence-electron chi connectivity index (χ2n) is 4.91. The third-order valence-electron chi connectivity index (χ3n) is 3.76. The summed E-state index contributed by atoms with van der Waals surface area (Å²) < 4.78 is 26.7. The molecular formula is C15H14F2OS. The molecule has 0 saturated heterocycles. The molecule has 100 valence electrons. The minimum Gasteiger partial charge on any atom is -0.388 e. The van der Waals surface area contributed by atoms with Gasteiger partial charge < -0.3 is 5.11 Å². The maximum atomic E-state index is 13.8. The van der Waals surface area contributed by atoms with Crippen LogP contribution in [0.25, 0.3) is 0 Å². The van der Waals surface area contributed by atoms with Gasteiger partial charge in [0.15, 0.2) is 0 Å². The number of aliphatic hydroxyl groups excluding tert-OH is 1. The van der Waals surface area contributed by atoms with Crippen molar-refractivity contribution in [1.29, 1.82) is 0 Å². The number of fused-ring (bicyclic) bond motifs is 1. The van der Waals surface area contributed by atoms with Gasteiger partial charge in [0, 0.05) is 22.4 Å². The third-order valence-corrected chi connectivity index (χ3v) is 4.76. The minimum absolute atomic E-state index is 0.0880. The van der Waals surface area contributed by atoms with Crippen LogP contribution < -0.4 is 0 Å². The van der Waals surface area contributed by atoms with E-state index in [2.05, 4.69) is 0 Å². The lowest BCUT2D eigenvalue weighted by atomic mass is 9.81. The summed E-state index contributed by atoms with van der Waals surface area (Å²) >= 11 is 1.68. The van der Waals surface area contributed by atoms with E-state index in [9.17, 15) is 13.9 Å². The van der Waals surface area contributed by atoms with Crippen molar-refractivity contribution in [2.45, 2.75) is 31.3 Å². The molecule has 2 atom stereocenters. The average molecular weight is 280 g/mol. The first kappa shape index (κ1) is 12.8. The molecule has 0 bridgehead atoms. The Balaban J connectivity index is 1.95. The molecule has 1 aliphatic carbocycles. The molecule has 0 amide bonds. The first-order valence-corrected chi connectivity index (χ1v) is 7.24. The Hall–Kier alpha value is -1.26. The fraction of sp³-hybridized carbons (Fsp3) is 0.333. The third kappa shape index (κ3) is 2.30. The average Bonchev–Trinajstić information content (AvgIpc) is 2.86. The van der Waals surface area contributed by atoms with Gasteiger partial charge in [-0.1, -0.05) is 6.07 Å². The van der Waals surface area contributed by atoms with E-state index in [1.165, 1.54) is 17.0 Å². The summed E-state index contributed by atoms with van der Waals surface area (Å²) in [7, 11) is 0. The lowest BCUT2D eigenvalue weighted by Crippen LogP contribution is -2.16. The zero-order chi connectivity index (χ0) is 13.4. The highest BCUT2D eigenvalue weighted by molar-refractivity contribution is 7.10. The van der Waals surface area contributed by atoms with Crippen LogP contribution in [0, 0.1) is 11.6 Å². The summed E-state index contributed by atoms with van der Waals surface area (Å²) in [5.41, 5.74) is 1.30. The number of benzene rings is 1. The second kappa shape index (κ2) is 5.02. The molecule has 19 heavy (non-hydrogen) atoms. The molecule has 2 aromatic rings. The molecule has 1 heterocycles. The van der Waals surface area contributed by atoms with Gasteiger partial charge in [0.1, 0.15) is 11.6 Å². The van der Waals surface area contributed by atoms with Gasteiger partial charge in [-0.05, 0) is 42.3 Å². The summed E-state index contributed by atoms with van der Waals surface area (Å²) in [6.45, 7) is 0. The van der Waals surface area contributed by atoms with Crippen LogP contribution in [0.3, 0.4) is 0 Å². The quantitative estimate of drug-likeness (QED) is 0.875. The largest absolute Gasteiger partial charge is 0.388 e. The van der Waals surface area contributed by atoms with Gasteiger partial charge in [-0.25, -0.2) is 8.78 Å². The molecule has 3 rings (SSSR count). The molecule has 0 saturated carbocycles. The predicted octanol–water partition coefficient (Wildman–Crippen LogP) is 4.18. The van der Waals surface area contributed by atoms with Gasteiger partial charge in [0.2, 0.25) is 0 Å². The highest BCUT2D eigenvalue weighted by Gasteiger charge is 2.29. The minimum atomic E-state index is -0.908. The monoisotopic (exact) mass is 280 g/mol. The Labute approximate surface area is 114 Å². The molecule has 0 fully saturated rings. The van der Waals surface area contributed by atoms with Gasteiger partial charge in [0.05, 0.1) is 6.10 Å². The summed E-state index contributed by atoms with van der Waals surface area (Å²) in [5.74, 6) is -1.38. The molecule has 4 heteroatoms. The van der Waals surface area contributed by atoms with E-state index in [0.29, 0.717) is 0 Å². The smallest absolute Gasteiger partial charge is 0.131 e. The molecule has 1 aliphatic rings. The van der Waals surface area contributed by atoms with Crippen LogP contribution in [0.2, 0.25) is 0 Å². The van der Waals surface area contributed by atoms with Crippen molar-refractivity contribution in [3.05, 3.63) is 57.3 Å². The maximum Gasteiger partial charge on any atom is 0.131 e. The molecule has 1 aromatic carbocycles. The fourth-order valence-electron chi connectivity index (χ4n) is 2.81. The van der Waals surface area contributed by atoms with Crippen molar-refractivity contribution in [2.24, 2.45) is 0 Å². The van der Waals surface area contributed by atoms with E-state index >= 15 is 0 Å². The Morgan fingerprint density at radius 1 is 1.26 bits per heavy atom. The van der Waals surface area contributed by atoms with Gasteiger partial charge in [-0.3, -0.25) is 0 Å². The Bertz CT molecular complexity index is 594. The highest BCUT2D eigenvalue weighted by atomic mass is 32.1. The summed E-state index contributed by atoms with van der Waals surface area (Å²) in [6.07, 6.45) is 1.95. The molecule has 1 aromatic heterocycles.